The maximum absolute atomic E-state index is 12.5. The summed E-state index contributed by atoms with van der Waals surface area (Å²) in [5, 5.41) is 0. The second-order valence-corrected chi connectivity index (χ2v) is 5.15. The molecule has 1 rings (SSSR count). The molecule has 1 saturated carbocycles. The van der Waals surface area contributed by atoms with E-state index in [4.69, 9.17) is 10.5 Å². The third-order valence-corrected chi connectivity index (χ3v) is 3.71. The molecule has 0 atom stereocenters. The Bertz CT molecular complexity index is 218. The second-order valence-electron chi connectivity index (χ2n) is 5.15. The summed E-state index contributed by atoms with van der Waals surface area (Å²) in [4.78, 5) is 14.4. The number of hydrogen-bond donors (Lipinski definition) is 1. The van der Waals surface area contributed by atoms with Gasteiger partial charge in [-0.3, -0.25) is 4.79 Å². The number of methoxy groups -OCH3 is 1. The van der Waals surface area contributed by atoms with Crippen LogP contribution in [0.2, 0.25) is 0 Å². The van der Waals surface area contributed by atoms with Gasteiger partial charge in [0.05, 0.1) is 6.61 Å². The van der Waals surface area contributed by atoms with Crippen molar-refractivity contribution in [2.45, 2.75) is 44.9 Å². The third-order valence-electron chi connectivity index (χ3n) is 3.71. The van der Waals surface area contributed by atoms with Gasteiger partial charge in [0.2, 0.25) is 5.91 Å². The quantitative estimate of drug-likeness (QED) is 0.706. The van der Waals surface area contributed by atoms with E-state index in [9.17, 15) is 4.79 Å². The molecule has 0 aromatic carbocycles. The summed E-state index contributed by atoms with van der Waals surface area (Å²) in [6, 6.07) is 0. The van der Waals surface area contributed by atoms with Crippen LogP contribution in [-0.4, -0.2) is 44.2 Å². The number of ether oxygens (including phenoxy) is 1. The fourth-order valence-electron chi connectivity index (χ4n) is 2.60. The first-order valence-corrected chi connectivity index (χ1v) is 7.27. The van der Waals surface area contributed by atoms with E-state index in [0.717, 1.165) is 25.8 Å². The zero-order valence-electron chi connectivity index (χ0n) is 11.7. The maximum atomic E-state index is 12.5. The lowest BCUT2D eigenvalue weighted by Crippen LogP contribution is -2.39. The van der Waals surface area contributed by atoms with Crippen LogP contribution >= 0.6 is 0 Å². The Balaban J connectivity index is 2.49. The van der Waals surface area contributed by atoms with Crippen molar-refractivity contribution in [2.75, 3.05) is 33.4 Å². The molecule has 0 bridgehead atoms. The van der Waals surface area contributed by atoms with Gasteiger partial charge < -0.3 is 15.4 Å². The third kappa shape index (κ3) is 5.36. The molecule has 0 aliphatic heterocycles. The Labute approximate surface area is 111 Å². The van der Waals surface area contributed by atoms with Crippen LogP contribution in [-0.2, 0) is 9.53 Å². The first kappa shape index (κ1) is 15.4. The molecule has 1 fully saturated rings. The van der Waals surface area contributed by atoms with E-state index in [1.165, 1.54) is 25.7 Å². The molecule has 4 nitrogen and oxygen atoms in total. The minimum Gasteiger partial charge on any atom is -0.383 e. The van der Waals surface area contributed by atoms with Gasteiger partial charge >= 0.3 is 0 Å². The standard InChI is InChI=1S/C14H28N2O2/c1-18-12-11-16(10-6-9-15)14(17)13-7-4-2-3-5-8-13/h13H,2-12,15H2,1H3. The highest BCUT2D eigenvalue weighted by Crippen LogP contribution is 2.24. The Morgan fingerprint density at radius 3 is 2.44 bits per heavy atom. The van der Waals surface area contributed by atoms with Crippen molar-refractivity contribution in [2.24, 2.45) is 11.7 Å². The van der Waals surface area contributed by atoms with Gasteiger partial charge in [0.15, 0.2) is 0 Å². The second kappa shape index (κ2) is 9.34. The molecule has 1 amide bonds. The van der Waals surface area contributed by atoms with Gasteiger partial charge in [-0.05, 0) is 25.8 Å². The topological polar surface area (TPSA) is 55.6 Å². The maximum Gasteiger partial charge on any atom is 0.225 e. The largest absolute Gasteiger partial charge is 0.383 e. The van der Waals surface area contributed by atoms with Gasteiger partial charge in [-0.25, -0.2) is 0 Å². The average Bonchev–Trinajstić information content (AvgIpc) is 2.67. The Kier molecular flexibility index (Phi) is 8.01. The van der Waals surface area contributed by atoms with Crippen LogP contribution < -0.4 is 5.73 Å². The van der Waals surface area contributed by atoms with Crippen molar-refractivity contribution < 1.29 is 9.53 Å². The van der Waals surface area contributed by atoms with Crippen molar-refractivity contribution in [1.29, 1.82) is 0 Å². The summed E-state index contributed by atoms with van der Waals surface area (Å²) >= 11 is 0. The van der Waals surface area contributed by atoms with Gasteiger partial charge in [0.1, 0.15) is 0 Å². The molecule has 0 radical (unpaired) electrons. The highest BCUT2D eigenvalue weighted by molar-refractivity contribution is 5.78. The van der Waals surface area contributed by atoms with E-state index in [0.29, 0.717) is 25.6 Å². The zero-order valence-corrected chi connectivity index (χ0v) is 11.7. The minimum atomic E-state index is 0.238. The van der Waals surface area contributed by atoms with E-state index >= 15 is 0 Å². The van der Waals surface area contributed by atoms with Crippen LogP contribution in [0.25, 0.3) is 0 Å². The number of amides is 1. The normalized spacial score (nSPS) is 17.4. The van der Waals surface area contributed by atoms with E-state index in [1.807, 2.05) is 4.90 Å². The molecule has 0 unspecified atom stereocenters. The molecule has 1 aliphatic carbocycles. The number of nitrogens with two attached hydrogens (primary N) is 1. The average molecular weight is 256 g/mol. The molecule has 1 aliphatic rings. The van der Waals surface area contributed by atoms with Gasteiger partial charge in [0, 0.05) is 26.1 Å². The lowest BCUT2D eigenvalue weighted by Gasteiger charge is -2.26. The van der Waals surface area contributed by atoms with E-state index in [-0.39, 0.29) is 5.92 Å². The molecular weight excluding hydrogens is 228 g/mol. The minimum absolute atomic E-state index is 0.238. The molecule has 0 heterocycles. The molecule has 106 valence electrons. The van der Waals surface area contributed by atoms with Gasteiger partial charge in [-0.15, -0.1) is 0 Å². The zero-order chi connectivity index (χ0) is 13.2. The van der Waals surface area contributed by atoms with Crippen molar-refractivity contribution in [1.82, 2.24) is 4.90 Å². The van der Waals surface area contributed by atoms with E-state index in [2.05, 4.69) is 0 Å². The molecule has 0 spiro atoms. The Hall–Kier alpha value is -0.610. The predicted molar refractivity (Wildman–Crippen MR) is 73.3 cm³/mol. The fraction of sp³-hybridized carbons (Fsp3) is 0.929. The molecule has 2 N–H and O–H groups in total. The van der Waals surface area contributed by atoms with Crippen LogP contribution in [0.15, 0.2) is 0 Å². The lowest BCUT2D eigenvalue weighted by molar-refractivity contribution is -0.136. The first-order valence-electron chi connectivity index (χ1n) is 7.27. The van der Waals surface area contributed by atoms with Crippen LogP contribution in [0.5, 0.6) is 0 Å². The molecule has 0 aromatic rings. The molecule has 0 saturated heterocycles. The number of hydrogen-bond acceptors (Lipinski definition) is 3. The van der Waals surface area contributed by atoms with Gasteiger partial charge in [-0.2, -0.15) is 0 Å². The highest BCUT2D eigenvalue weighted by Gasteiger charge is 2.24. The summed E-state index contributed by atoms with van der Waals surface area (Å²) < 4.78 is 5.09. The van der Waals surface area contributed by atoms with Crippen molar-refractivity contribution in [3.63, 3.8) is 0 Å². The van der Waals surface area contributed by atoms with Crippen molar-refractivity contribution in [3.8, 4) is 0 Å². The smallest absolute Gasteiger partial charge is 0.225 e. The fourth-order valence-corrected chi connectivity index (χ4v) is 2.60. The predicted octanol–water partition coefficient (Wildman–Crippen LogP) is 1.78. The monoisotopic (exact) mass is 256 g/mol. The number of rotatable bonds is 7. The summed E-state index contributed by atoms with van der Waals surface area (Å²) in [6.45, 7) is 2.73. The van der Waals surface area contributed by atoms with Crippen molar-refractivity contribution >= 4 is 5.91 Å². The van der Waals surface area contributed by atoms with Crippen LogP contribution in [0.4, 0.5) is 0 Å². The summed E-state index contributed by atoms with van der Waals surface area (Å²) in [7, 11) is 1.68. The molecular formula is C14H28N2O2. The summed E-state index contributed by atoms with van der Waals surface area (Å²) in [6.07, 6.45) is 7.96. The molecule has 4 heteroatoms. The summed E-state index contributed by atoms with van der Waals surface area (Å²) in [5.41, 5.74) is 5.54. The van der Waals surface area contributed by atoms with Crippen molar-refractivity contribution in [3.05, 3.63) is 0 Å². The molecule has 18 heavy (non-hydrogen) atoms. The van der Waals surface area contributed by atoms with Crippen LogP contribution in [0.1, 0.15) is 44.9 Å². The van der Waals surface area contributed by atoms with Crippen LogP contribution in [0.3, 0.4) is 0 Å². The van der Waals surface area contributed by atoms with Crippen LogP contribution in [0, 0.1) is 5.92 Å². The van der Waals surface area contributed by atoms with E-state index < -0.39 is 0 Å². The number of carbonyl (C=O) groups excluding carboxylic acids is 1. The number of carbonyl (C=O) groups is 1. The van der Waals surface area contributed by atoms with E-state index in [1.54, 1.807) is 7.11 Å². The SMILES string of the molecule is COCCN(CCCN)C(=O)C1CCCCCC1. The van der Waals surface area contributed by atoms with Gasteiger partial charge in [-0.1, -0.05) is 25.7 Å². The number of nitrogens with zero attached hydrogens (tertiary/aromatic N) is 1. The lowest BCUT2D eigenvalue weighted by atomic mass is 9.98. The Morgan fingerprint density at radius 2 is 1.89 bits per heavy atom. The van der Waals surface area contributed by atoms with Gasteiger partial charge in [0.25, 0.3) is 0 Å². The Morgan fingerprint density at radius 1 is 1.22 bits per heavy atom. The molecule has 0 aromatic heterocycles. The highest BCUT2D eigenvalue weighted by atomic mass is 16.5. The first-order chi connectivity index (χ1) is 8.79. The summed E-state index contributed by atoms with van der Waals surface area (Å²) in [5.74, 6) is 0.560.